The minimum absolute atomic E-state index is 0.118. The van der Waals surface area contributed by atoms with Crippen molar-refractivity contribution in [2.24, 2.45) is 0 Å². The molecule has 27 heavy (non-hydrogen) atoms. The molecule has 3 heteroatoms. The Morgan fingerprint density at radius 3 is 2.26 bits per heavy atom. The summed E-state index contributed by atoms with van der Waals surface area (Å²) in [5.74, 6) is -0.668. The maximum atomic E-state index is 12.0. The number of carbonyl (C=O) groups is 2. The molecular weight excluding hydrogens is 334 g/mol. The molecule has 2 aliphatic rings. The van der Waals surface area contributed by atoms with Crippen LogP contribution in [0.4, 0.5) is 0 Å². The Bertz CT molecular complexity index is 896. The topological polar surface area (TPSA) is 37.4 Å². The highest BCUT2D eigenvalue weighted by Crippen LogP contribution is 2.36. The molecular formula is C24H23NO2. The van der Waals surface area contributed by atoms with Crippen molar-refractivity contribution in [1.82, 2.24) is 4.90 Å². The van der Waals surface area contributed by atoms with Gasteiger partial charge < -0.3 is 4.90 Å². The van der Waals surface area contributed by atoms with Gasteiger partial charge in [-0.2, -0.15) is 0 Å². The van der Waals surface area contributed by atoms with E-state index in [1.54, 1.807) is 12.2 Å². The molecule has 0 aromatic heterocycles. The second-order valence-corrected chi connectivity index (χ2v) is 7.25. The van der Waals surface area contributed by atoms with Gasteiger partial charge in [0.05, 0.1) is 0 Å². The van der Waals surface area contributed by atoms with E-state index in [2.05, 4.69) is 41.3 Å². The van der Waals surface area contributed by atoms with Crippen LogP contribution in [0.25, 0.3) is 0 Å². The van der Waals surface area contributed by atoms with Gasteiger partial charge in [-0.15, -0.1) is 0 Å². The fourth-order valence-corrected chi connectivity index (χ4v) is 3.99. The van der Waals surface area contributed by atoms with Gasteiger partial charge in [-0.3, -0.25) is 9.59 Å². The summed E-state index contributed by atoms with van der Waals surface area (Å²) in [6, 6.07) is 20.8. The van der Waals surface area contributed by atoms with E-state index in [4.69, 9.17) is 0 Å². The van der Waals surface area contributed by atoms with Crippen molar-refractivity contribution in [3.8, 4) is 0 Å². The number of rotatable bonds is 4. The quantitative estimate of drug-likeness (QED) is 0.618. The molecule has 3 nitrogen and oxygen atoms in total. The van der Waals surface area contributed by atoms with Gasteiger partial charge in [0, 0.05) is 25.6 Å². The molecule has 4 rings (SSSR count). The lowest BCUT2D eigenvalue weighted by Crippen LogP contribution is -2.30. The summed E-state index contributed by atoms with van der Waals surface area (Å²) in [6.45, 7) is 2.73. The fraction of sp³-hybridized carbons (Fsp3) is 0.250. The van der Waals surface area contributed by atoms with Crippen LogP contribution in [0.3, 0.4) is 0 Å². The number of ketones is 2. The third kappa shape index (κ3) is 3.99. The highest BCUT2D eigenvalue weighted by molar-refractivity contribution is 6.46. The molecule has 1 atom stereocenters. The minimum Gasteiger partial charge on any atom is -0.302 e. The van der Waals surface area contributed by atoms with Gasteiger partial charge in [0.1, 0.15) is 0 Å². The summed E-state index contributed by atoms with van der Waals surface area (Å²) in [5, 5.41) is 0. The number of allylic oxidation sites excluding steroid dienone is 2. The predicted octanol–water partition coefficient (Wildman–Crippen LogP) is 3.72. The van der Waals surface area contributed by atoms with E-state index in [1.807, 2.05) is 24.3 Å². The van der Waals surface area contributed by atoms with Gasteiger partial charge in [0.2, 0.25) is 11.6 Å². The van der Waals surface area contributed by atoms with Crippen LogP contribution in [0.5, 0.6) is 0 Å². The lowest BCUT2D eigenvalue weighted by Gasteiger charge is -2.26. The first kappa shape index (κ1) is 17.6. The first-order valence-corrected chi connectivity index (χ1v) is 9.53. The van der Waals surface area contributed by atoms with Crippen molar-refractivity contribution >= 4 is 11.6 Å². The zero-order valence-corrected chi connectivity index (χ0v) is 15.3. The third-order valence-electron chi connectivity index (χ3n) is 5.48. The Hall–Kier alpha value is -2.78. The van der Waals surface area contributed by atoms with Crippen molar-refractivity contribution in [3.63, 3.8) is 0 Å². The SMILES string of the molecule is O=C1C=C2CCN(CCc3ccccc3)CC(c3ccccc3)C2=CC1=O. The van der Waals surface area contributed by atoms with Crippen molar-refractivity contribution < 1.29 is 9.59 Å². The molecule has 1 aliphatic heterocycles. The Labute approximate surface area is 160 Å². The molecule has 0 radical (unpaired) electrons. The molecule has 0 amide bonds. The second kappa shape index (κ2) is 7.85. The minimum atomic E-state index is -0.396. The summed E-state index contributed by atoms with van der Waals surface area (Å²) in [5.41, 5.74) is 4.58. The standard InChI is InChI=1S/C24H23NO2/c26-23-15-20-12-14-25(13-11-18-7-3-1-4-8-18)17-22(21(20)16-24(23)27)19-9-5-2-6-10-19/h1-10,15-16,22H,11-14,17H2. The number of hydrogen-bond donors (Lipinski definition) is 0. The molecule has 1 heterocycles. The van der Waals surface area contributed by atoms with E-state index >= 15 is 0 Å². The molecule has 136 valence electrons. The maximum Gasteiger partial charge on any atom is 0.226 e. The molecule has 0 spiro atoms. The number of likely N-dealkylation sites (tertiary alicyclic amines) is 1. The van der Waals surface area contributed by atoms with Crippen LogP contribution in [-0.4, -0.2) is 36.1 Å². The summed E-state index contributed by atoms with van der Waals surface area (Å²) < 4.78 is 0. The number of nitrogens with zero attached hydrogens (tertiary/aromatic N) is 1. The number of benzene rings is 2. The molecule has 1 unspecified atom stereocenters. The van der Waals surface area contributed by atoms with Gasteiger partial charge in [-0.1, -0.05) is 60.7 Å². The van der Waals surface area contributed by atoms with Crippen LogP contribution in [-0.2, 0) is 16.0 Å². The van der Waals surface area contributed by atoms with Crippen LogP contribution >= 0.6 is 0 Å². The van der Waals surface area contributed by atoms with Crippen molar-refractivity contribution in [2.45, 2.75) is 18.8 Å². The van der Waals surface area contributed by atoms with Gasteiger partial charge >= 0.3 is 0 Å². The number of hydrogen-bond acceptors (Lipinski definition) is 3. The number of carbonyl (C=O) groups excluding carboxylic acids is 2. The van der Waals surface area contributed by atoms with E-state index in [-0.39, 0.29) is 5.92 Å². The summed E-state index contributed by atoms with van der Waals surface area (Å²) in [6.07, 6.45) is 4.95. The van der Waals surface area contributed by atoms with Crippen LogP contribution in [0.15, 0.2) is 84.0 Å². The van der Waals surface area contributed by atoms with Crippen molar-refractivity contribution in [1.29, 1.82) is 0 Å². The first-order chi connectivity index (χ1) is 13.2. The maximum absolute atomic E-state index is 12.0. The fourth-order valence-electron chi connectivity index (χ4n) is 3.99. The average molecular weight is 357 g/mol. The zero-order valence-electron chi connectivity index (χ0n) is 15.3. The lowest BCUT2D eigenvalue weighted by atomic mass is 9.82. The summed E-state index contributed by atoms with van der Waals surface area (Å²) in [7, 11) is 0. The summed E-state index contributed by atoms with van der Waals surface area (Å²) >= 11 is 0. The zero-order chi connectivity index (χ0) is 18.6. The van der Waals surface area contributed by atoms with Crippen LogP contribution in [0.2, 0.25) is 0 Å². The van der Waals surface area contributed by atoms with E-state index < -0.39 is 11.6 Å². The number of fused-ring (bicyclic) bond motifs is 1. The van der Waals surface area contributed by atoms with Gasteiger partial charge in [-0.05, 0) is 47.3 Å². The van der Waals surface area contributed by atoms with Crippen LogP contribution < -0.4 is 0 Å². The third-order valence-corrected chi connectivity index (χ3v) is 5.48. The first-order valence-electron chi connectivity index (χ1n) is 9.53. The van der Waals surface area contributed by atoms with Crippen LogP contribution in [0.1, 0.15) is 23.5 Å². The normalized spacial score (nSPS) is 20.5. The molecule has 2 aromatic rings. The second-order valence-electron chi connectivity index (χ2n) is 7.25. The largest absolute Gasteiger partial charge is 0.302 e. The predicted molar refractivity (Wildman–Crippen MR) is 107 cm³/mol. The molecule has 1 aliphatic carbocycles. The smallest absolute Gasteiger partial charge is 0.226 e. The molecule has 2 aromatic carbocycles. The van der Waals surface area contributed by atoms with E-state index in [9.17, 15) is 9.59 Å². The Morgan fingerprint density at radius 2 is 1.52 bits per heavy atom. The molecule has 1 fully saturated rings. The highest BCUT2D eigenvalue weighted by Gasteiger charge is 2.30. The Morgan fingerprint density at radius 1 is 0.852 bits per heavy atom. The van der Waals surface area contributed by atoms with E-state index in [0.717, 1.165) is 43.6 Å². The van der Waals surface area contributed by atoms with E-state index in [0.29, 0.717) is 0 Å². The average Bonchev–Trinajstić information content (AvgIpc) is 2.88. The van der Waals surface area contributed by atoms with Crippen molar-refractivity contribution in [3.05, 3.63) is 95.1 Å². The Kier molecular flexibility index (Phi) is 5.12. The van der Waals surface area contributed by atoms with Gasteiger partial charge in [0.15, 0.2) is 0 Å². The molecule has 0 saturated carbocycles. The van der Waals surface area contributed by atoms with Crippen LogP contribution in [0, 0.1) is 0 Å². The van der Waals surface area contributed by atoms with Gasteiger partial charge in [0.25, 0.3) is 0 Å². The molecule has 0 N–H and O–H groups in total. The Balaban J connectivity index is 1.61. The molecule has 0 bridgehead atoms. The molecule has 1 saturated heterocycles. The summed E-state index contributed by atoms with van der Waals surface area (Å²) in [4.78, 5) is 26.4. The lowest BCUT2D eigenvalue weighted by molar-refractivity contribution is -0.131. The van der Waals surface area contributed by atoms with Crippen molar-refractivity contribution in [2.75, 3.05) is 19.6 Å². The van der Waals surface area contributed by atoms with Gasteiger partial charge in [-0.25, -0.2) is 0 Å². The highest BCUT2D eigenvalue weighted by atomic mass is 16.2. The van der Waals surface area contributed by atoms with E-state index in [1.165, 1.54) is 11.1 Å². The monoisotopic (exact) mass is 357 g/mol.